The molecule has 0 bridgehead atoms. The average molecular weight is 783 g/mol. The molecule has 0 aliphatic rings. The van der Waals surface area contributed by atoms with Crippen molar-refractivity contribution in [3.05, 3.63) is 48.6 Å². The quantitative estimate of drug-likeness (QED) is 0.0183. The molecule has 0 amide bonds. The molecular formula is C44H79O9P. The fraction of sp³-hybridized carbons (Fsp3) is 0.773. The molecule has 54 heavy (non-hydrogen) atoms. The normalized spacial score (nSPS) is 13.5. The van der Waals surface area contributed by atoms with Gasteiger partial charge in [0.15, 0.2) is 6.10 Å². The number of phosphoric acid groups is 1. The number of ether oxygens (including phenoxy) is 2. The number of esters is 2. The summed E-state index contributed by atoms with van der Waals surface area (Å²) in [6.45, 7) is 3.53. The zero-order chi connectivity index (χ0) is 39.8. The van der Waals surface area contributed by atoms with Crippen molar-refractivity contribution < 1.29 is 43.0 Å². The largest absolute Gasteiger partial charge is 0.469 e. The van der Waals surface area contributed by atoms with Crippen molar-refractivity contribution in [3.8, 4) is 0 Å². The van der Waals surface area contributed by atoms with Gasteiger partial charge in [-0.2, -0.15) is 0 Å². The summed E-state index contributed by atoms with van der Waals surface area (Å²) in [6, 6.07) is 0. The molecule has 0 saturated heterocycles. The zero-order valence-electron chi connectivity index (χ0n) is 34.2. The Labute approximate surface area is 329 Å². The summed E-state index contributed by atoms with van der Waals surface area (Å²) in [7, 11) is -4.78. The summed E-state index contributed by atoms with van der Waals surface area (Å²) in [5.74, 6) is -0.972. The van der Waals surface area contributed by atoms with Gasteiger partial charge in [0.05, 0.1) is 12.7 Å². The van der Waals surface area contributed by atoms with Crippen molar-refractivity contribution in [2.45, 2.75) is 206 Å². The SMILES string of the molecule is CCCCCCCCCCCCCCCCCCCCC(=O)O[C@H](COC(=O)CCC/C=C\C/C=C\C/C=C\C=C\[C@H](O)CCCCC)COP(=O)(O)O. The summed E-state index contributed by atoms with van der Waals surface area (Å²) in [4.78, 5) is 42.8. The van der Waals surface area contributed by atoms with E-state index >= 15 is 0 Å². The smallest absolute Gasteiger partial charge is 0.462 e. The highest BCUT2D eigenvalue weighted by atomic mass is 31.2. The molecule has 0 saturated carbocycles. The molecule has 10 heteroatoms. The molecule has 0 aliphatic carbocycles. The first-order valence-electron chi connectivity index (χ1n) is 21.5. The predicted molar refractivity (Wildman–Crippen MR) is 222 cm³/mol. The number of allylic oxidation sites excluding steroid dienone is 7. The van der Waals surface area contributed by atoms with Crippen LogP contribution >= 0.6 is 7.82 Å². The Balaban J connectivity index is 4.02. The number of hydrogen-bond donors (Lipinski definition) is 3. The predicted octanol–water partition coefficient (Wildman–Crippen LogP) is 12.1. The monoisotopic (exact) mass is 783 g/mol. The molecule has 0 spiro atoms. The van der Waals surface area contributed by atoms with Crippen LogP contribution in [0.1, 0.15) is 194 Å². The van der Waals surface area contributed by atoms with Crippen molar-refractivity contribution in [1.29, 1.82) is 0 Å². The van der Waals surface area contributed by atoms with Crippen LogP contribution in [0, 0.1) is 0 Å². The Kier molecular flexibility index (Phi) is 37.7. The van der Waals surface area contributed by atoms with Crippen LogP contribution in [0.3, 0.4) is 0 Å². The van der Waals surface area contributed by atoms with Crippen molar-refractivity contribution in [2.24, 2.45) is 0 Å². The highest BCUT2D eigenvalue weighted by Crippen LogP contribution is 2.36. The Morgan fingerprint density at radius 3 is 1.61 bits per heavy atom. The van der Waals surface area contributed by atoms with Crippen LogP contribution in [0.5, 0.6) is 0 Å². The van der Waals surface area contributed by atoms with Gasteiger partial charge >= 0.3 is 19.8 Å². The number of phosphoric ester groups is 1. The fourth-order valence-electron chi connectivity index (χ4n) is 5.95. The minimum absolute atomic E-state index is 0.172. The summed E-state index contributed by atoms with van der Waals surface area (Å²) < 4.78 is 26.3. The lowest BCUT2D eigenvalue weighted by molar-refractivity contribution is -0.161. The maximum atomic E-state index is 12.4. The van der Waals surface area contributed by atoms with Crippen molar-refractivity contribution in [3.63, 3.8) is 0 Å². The first-order chi connectivity index (χ1) is 26.2. The standard InChI is InChI=1S/C44H79O9P/c1-3-5-7-8-9-10-11-12-13-14-15-16-17-20-24-27-30-34-38-44(47)53-42(40-52-54(48,49)50)39-51-43(46)37-33-29-26-23-21-18-19-22-25-28-32-36-41(45)35-31-6-4-2/h18-19,23,25-26,28,32,36,41-42,45H,3-17,20-22,24,27,29-31,33-35,37-40H2,1-2H3,(H2,48,49,50)/b19-18-,26-23-,28-25-,36-32+/t41-,42-/m1/s1. The number of rotatable bonds is 39. The summed E-state index contributed by atoms with van der Waals surface area (Å²) in [5, 5.41) is 9.87. The van der Waals surface area contributed by atoms with E-state index in [1.165, 1.54) is 89.9 Å². The van der Waals surface area contributed by atoms with Gasteiger partial charge in [-0.25, -0.2) is 4.57 Å². The molecule has 314 valence electrons. The minimum atomic E-state index is -4.78. The lowest BCUT2D eigenvalue weighted by atomic mass is 10.0. The van der Waals surface area contributed by atoms with Gasteiger partial charge in [0.1, 0.15) is 6.61 Å². The molecule has 0 aromatic rings. The zero-order valence-corrected chi connectivity index (χ0v) is 35.1. The van der Waals surface area contributed by atoms with E-state index in [9.17, 15) is 19.3 Å². The summed E-state index contributed by atoms with van der Waals surface area (Å²) in [5.41, 5.74) is 0. The van der Waals surface area contributed by atoms with Crippen LogP contribution in [0.4, 0.5) is 0 Å². The Bertz CT molecular complexity index is 1030. The van der Waals surface area contributed by atoms with Crippen LogP contribution in [-0.4, -0.2) is 52.3 Å². The Morgan fingerprint density at radius 2 is 1.06 bits per heavy atom. The number of hydrogen-bond acceptors (Lipinski definition) is 7. The van der Waals surface area contributed by atoms with E-state index in [0.29, 0.717) is 19.3 Å². The maximum absolute atomic E-state index is 12.4. The summed E-state index contributed by atoms with van der Waals surface area (Å²) in [6.07, 6.45) is 44.5. The molecule has 0 unspecified atom stereocenters. The van der Waals surface area contributed by atoms with E-state index in [0.717, 1.165) is 57.8 Å². The van der Waals surface area contributed by atoms with Crippen LogP contribution in [0.25, 0.3) is 0 Å². The molecule has 0 rings (SSSR count). The van der Waals surface area contributed by atoms with E-state index in [-0.39, 0.29) is 25.6 Å². The second-order valence-electron chi connectivity index (χ2n) is 14.5. The highest BCUT2D eigenvalue weighted by molar-refractivity contribution is 7.46. The molecule has 9 nitrogen and oxygen atoms in total. The topological polar surface area (TPSA) is 140 Å². The van der Waals surface area contributed by atoms with Crippen LogP contribution in [0.15, 0.2) is 48.6 Å². The molecule has 3 N–H and O–H groups in total. The molecule has 0 aromatic heterocycles. The molecule has 0 heterocycles. The van der Waals surface area contributed by atoms with Gasteiger partial charge in [-0.1, -0.05) is 191 Å². The van der Waals surface area contributed by atoms with Gasteiger partial charge in [0.25, 0.3) is 0 Å². The van der Waals surface area contributed by atoms with Gasteiger partial charge in [-0.15, -0.1) is 0 Å². The molecular weight excluding hydrogens is 703 g/mol. The lowest BCUT2D eigenvalue weighted by Gasteiger charge is -2.18. The second-order valence-corrected chi connectivity index (χ2v) is 15.8. The molecule has 0 aliphatic heterocycles. The van der Waals surface area contributed by atoms with Gasteiger partial charge in [-0.3, -0.25) is 14.1 Å². The average Bonchev–Trinajstić information content (AvgIpc) is 3.13. The van der Waals surface area contributed by atoms with Gasteiger partial charge in [-0.05, 0) is 38.5 Å². The summed E-state index contributed by atoms with van der Waals surface area (Å²) >= 11 is 0. The second kappa shape index (κ2) is 39.2. The Hall–Kier alpha value is -2.03. The van der Waals surface area contributed by atoms with Crippen LogP contribution < -0.4 is 0 Å². The van der Waals surface area contributed by atoms with Crippen LogP contribution in [-0.2, 0) is 28.2 Å². The van der Waals surface area contributed by atoms with E-state index in [4.69, 9.17) is 19.3 Å². The number of aliphatic hydroxyl groups excluding tert-OH is 1. The lowest BCUT2D eigenvalue weighted by Crippen LogP contribution is -2.29. The number of carbonyl (C=O) groups is 2. The molecule has 0 fully saturated rings. The van der Waals surface area contributed by atoms with E-state index < -0.39 is 32.5 Å². The van der Waals surface area contributed by atoms with Gasteiger partial charge in [0.2, 0.25) is 0 Å². The van der Waals surface area contributed by atoms with Crippen LogP contribution in [0.2, 0.25) is 0 Å². The van der Waals surface area contributed by atoms with Gasteiger partial charge in [0, 0.05) is 12.8 Å². The highest BCUT2D eigenvalue weighted by Gasteiger charge is 2.22. The maximum Gasteiger partial charge on any atom is 0.469 e. The fourth-order valence-corrected chi connectivity index (χ4v) is 6.31. The minimum Gasteiger partial charge on any atom is -0.462 e. The third-order valence-corrected chi connectivity index (χ3v) is 9.69. The van der Waals surface area contributed by atoms with E-state index in [1.807, 2.05) is 36.5 Å². The number of carbonyl (C=O) groups excluding carboxylic acids is 2. The molecule has 0 radical (unpaired) electrons. The van der Waals surface area contributed by atoms with E-state index in [2.05, 4.69) is 30.5 Å². The van der Waals surface area contributed by atoms with E-state index in [1.54, 1.807) is 0 Å². The number of aliphatic hydroxyl groups is 1. The first-order valence-corrected chi connectivity index (χ1v) is 23.1. The third kappa shape index (κ3) is 41.1. The molecule has 0 aromatic carbocycles. The molecule has 2 atom stereocenters. The Morgan fingerprint density at radius 1 is 0.574 bits per heavy atom. The van der Waals surface area contributed by atoms with Crippen molar-refractivity contribution >= 4 is 19.8 Å². The first kappa shape index (κ1) is 52.0. The third-order valence-electron chi connectivity index (χ3n) is 9.20. The van der Waals surface area contributed by atoms with Gasteiger partial charge < -0.3 is 24.4 Å². The number of unbranched alkanes of at least 4 members (excludes halogenated alkanes) is 20. The van der Waals surface area contributed by atoms with Crippen molar-refractivity contribution in [2.75, 3.05) is 13.2 Å². The van der Waals surface area contributed by atoms with Crippen molar-refractivity contribution in [1.82, 2.24) is 0 Å².